The zero-order valence-corrected chi connectivity index (χ0v) is 32.2. The number of ether oxygens (including phenoxy) is 5. The largest absolute Gasteiger partial charge is 0.494 e. The summed E-state index contributed by atoms with van der Waals surface area (Å²) in [7, 11) is -0.458. The summed E-state index contributed by atoms with van der Waals surface area (Å²) in [6.07, 6.45) is -12.3. The van der Waals surface area contributed by atoms with Crippen molar-refractivity contribution in [3.05, 3.63) is 66.2 Å². The van der Waals surface area contributed by atoms with Crippen LogP contribution in [-0.4, -0.2) is 154 Å². The molecule has 8 rings (SSSR count). The number of halogens is 3. The predicted molar refractivity (Wildman–Crippen MR) is 189 cm³/mol. The molecule has 0 radical (unpaired) electrons. The fraction of sp³-hybridized carbons (Fsp3) is 0.613. The van der Waals surface area contributed by atoms with Crippen LogP contribution < -0.4 is 18.7 Å². The fourth-order valence-electron chi connectivity index (χ4n) is 6.15. The van der Waals surface area contributed by atoms with Crippen LogP contribution in [0.1, 0.15) is 19.1 Å². The van der Waals surface area contributed by atoms with Crippen molar-refractivity contribution in [3.63, 3.8) is 0 Å². The minimum atomic E-state index is -1.33. The van der Waals surface area contributed by atoms with E-state index in [0.29, 0.717) is 25.4 Å². The first-order valence-electron chi connectivity index (χ1n) is 15.4. The summed E-state index contributed by atoms with van der Waals surface area (Å²) in [4.78, 5) is 0. The van der Waals surface area contributed by atoms with Crippen LogP contribution in [-0.2, 0) is 33.0 Å². The van der Waals surface area contributed by atoms with Gasteiger partial charge in [-0.1, -0.05) is 68.1 Å². The van der Waals surface area contributed by atoms with Gasteiger partial charge in [0.2, 0.25) is 0 Å². The maximum absolute atomic E-state index is 10.1. The van der Waals surface area contributed by atoms with Crippen molar-refractivity contribution in [2.24, 2.45) is 0 Å². The zero-order valence-electron chi connectivity index (χ0n) is 25.7. The van der Waals surface area contributed by atoms with Crippen molar-refractivity contribution in [1.82, 2.24) is 0 Å². The number of rotatable bonds is 3. The summed E-state index contributed by atoms with van der Waals surface area (Å²) in [5.74, 6) is 0. The molecule has 6 bridgehead atoms. The van der Waals surface area contributed by atoms with Crippen molar-refractivity contribution in [2.45, 2.75) is 99.4 Å². The van der Waals surface area contributed by atoms with Gasteiger partial charge >= 0.3 is 57.6 Å². The van der Waals surface area contributed by atoms with E-state index in [0.717, 1.165) is 5.46 Å². The van der Waals surface area contributed by atoms with Gasteiger partial charge in [-0.25, -0.2) is 0 Å². The van der Waals surface area contributed by atoms with Gasteiger partial charge in [-0.15, -0.1) is 0 Å². The molecule has 0 spiro atoms. The first kappa shape index (κ1) is 42.8. The first-order valence-corrected chi connectivity index (χ1v) is 28.0. The van der Waals surface area contributed by atoms with Gasteiger partial charge in [0.15, 0.2) is 12.6 Å². The van der Waals surface area contributed by atoms with E-state index in [2.05, 4.69) is 37.2 Å². The quantitative estimate of drug-likeness (QED) is 0.108. The Morgan fingerprint density at radius 1 is 0.620 bits per heavy atom. The third kappa shape index (κ3) is 9.84. The standard InChI is InChI=1S/C12H13BO5.C12H16O5.C6H10O5.CH4.I3/c14-9-10-8-6-15-12(16-8)11(9)18-13(17-10)7-4-2-1-3-5-7;13-6-8-9(14)10(15)11(16)12(17-8)7-4-2-1-3-5-7;7-3-2-1-10-6(11-2)5(9)4(3)8;;1-3-2/h1-5,8-12,14H,6H2;1-5,8-16H,6H2;2-9H,1H2;1H4;/q;;;;-1/t8-,9+,10?,11?,12-;8-,9?,10+,11?,12+;2-,3?,4+,5?,6-;;/m111../s1. The molecule has 2 aromatic carbocycles. The average Bonchev–Trinajstić information content (AvgIpc) is 3.79. The molecule has 0 amide bonds. The number of aliphatic hydroxyl groups excluding tert-OH is 8. The number of aliphatic hydroxyl groups is 8. The van der Waals surface area contributed by atoms with E-state index >= 15 is 0 Å². The SMILES string of the molecule is C.I[I-]I.OC1[C@@H]2OC[C@@H](O2)C(O)[C@@H]1O.OC[C@H]1O[C@@H](c2ccccc2)C(O)[C@@H](O)C1O.O[C@@H]1C2OB(c3ccccc3)OC1[C@H]1CO[C@@H]2O1. The number of hydrogen-bond donors (Lipinski definition) is 8. The van der Waals surface area contributed by atoms with Gasteiger partial charge in [-0.3, -0.25) is 0 Å². The maximum Gasteiger partial charge on any atom is 0.494 e. The van der Waals surface area contributed by atoms with E-state index in [-0.39, 0.29) is 26.2 Å². The van der Waals surface area contributed by atoms with E-state index in [1.54, 1.807) is 24.3 Å². The van der Waals surface area contributed by atoms with Gasteiger partial charge in [0, 0.05) is 0 Å². The Hall–Kier alpha value is 0.0949. The van der Waals surface area contributed by atoms with Gasteiger partial charge < -0.3 is 73.8 Å². The molecule has 15 nitrogen and oxygen atoms in total. The van der Waals surface area contributed by atoms with Crippen LogP contribution in [0.25, 0.3) is 0 Å². The fourth-order valence-corrected chi connectivity index (χ4v) is 6.15. The van der Waals surface area contributed by atoms with E-state index < -0.39 is 93.4 Å². The molecule has 2 aromatic rings. The first-order chi connectivity index (χ1) is 23.6. The van der Waals surface area contributed by atoms with Gasteiger partial charge in [0.25, 0.3) is 0 Å². The number of hydrogen-bond acceptors (Lipinski definition) is 15. The molecule has 6 aliphatic heterocycles. The molecule has 6 saturated heterocycles. The summed E-state index contributed by atoms with van der Waals surface area (Å²) in [6.45, 7) is 0.280. The van der Waals surface area contributed by atoms with Crippen LogP contribution >= 0.6 is 37.2 Å². The van der Waals surface area contributed by atoms with Crippen molar-refractivity contribution in [2.75, 3.05) is 19.8 Å². The molecule has 6 aliphatic rings. The third-order valence-corrected chi connectivity index (χ3v) is 8.79. The van der Waals surface area contributed by atoms with E-state index in [1.807, 2.05) is 36.4 Å². The van der Waals surface area contributed by atoms with Crippen LogP contribution in [0.15, 0.2) is 60.7 Å². The second-order valence-electron chi connectivity index (χ2n) is 11.9. The van der Waals surface area contributed by atoms with E-state index in [1.165, 1.54) is 0 Å². The molecule has 6 heterocycles. The maximum atomic E-state index is 10.1. The molecule has 0 saturated carbocycles. The molecule has 8 N–H and O–H groups in total. The molecular formula is C31H43BI3O15-. The topological polar surface area (TPSA) is 226 Å². The van der Waals surface area contributed by atoms with Gasteiger partial charge in [0.05, 0.1) is 19.8 Å². The van der Waals surface area contributed by atoms with Gasteiger partial charge in [0.1, 0.15) is 79.4 Å². The third-order valence-electron chi connectivity index (χ3n) is 8.79. The van der Waals surface area contributed by atoms with E-state index in [9.17, 15) is 30.6 Å². The molecule has 0 aromatic heterocycles. The Morgan fingerprint density at radius 3 is 1.80 bits per heavy atom. The molecule has 15 atom stereocenters. The second kappa shape index (κ2) is 20.1. The number of benzene rings is 2. The van der Waals surface area contributed by atoms with Crippen LogP contribution in [0.5, 0.6) is 0 Å². The zero-order chi connectivity index (χ0) is 35.2. The molecule has 282 valence electrons. The molecule has 6 fully saturated rings. The average molecular weight is 1050 g/mol. The van der Waals surface area contributed by atoms with Gasteiger partial charge in [-0.05, 0) is 11.0 Å². The van der Waals surface area contributed by atoms with E-state index in [4.69, 9.17) is 43.2 Å². The van der Waals surface area contributed by atoms with Gasteiger partial charge in [-0.2, -0.15) is 0 Å². The second-order valence-corrected chi connectivity index (χ2v) is 28.1. The smallest absolute Gasteiger partial charge is 0.399 e. The Balaban J connectivity index is 0.000000165. The Morgan fingerprint density at radius 2 is 1.16 bits per heavy atom. The Kier molecular flexibility index (Phi) is 17.3. The Bertz CT molecular complexity index is 1240. The molecule has 6 unspecified atom stereocenters. The number of fused-ring (bicyclic) bond motifs is 8. The minimum Gasteiger partial charge on any atom is -0.399 e. The normalized spacial score (nSPS) is 40.9. The van der Waals surface area contributed by atoms with Crippen molar-refractivity contribution in [1.29, 1.82) is 0 Å². The summed E-state index contributed by atoms with van der Waals surface area (Å²) in [5.41, 5.74) is 1.64. The van der Waals surface area contributed by atoms with Crippen molar-refractivity contribution >= 4 is 49.8 Å². The minimum absolute atomic E-state index is 0. The van der Waals surface area contributed by atoms with Crippen LogP contribution in [0, 0.1) is 0 Å². The molecular weight excluding hydrogens is 1000 g/mol. The van der Waals surface area contributed by atoms with Crippen LogP contribution in [0.3, 0.4) is 0 Å². The van der Waals surface area contributed by atoms with Crippen molar-refractivity contribution in [3.8, 4) is 0 Å². The van der Waals surface area contributed by atoms with Crippen LogP contribution in [0.2, 0.25) is 0 Å². The predicted octanol–water partition coefficient (Wildman–Crippen LogP) is -4.28. The monoisotopic (exact) mass is 1050 g/mol. The summed E-state index contributed by atoms with van der Waals surface area (Å²) < 4.78 is 38.0. The Labute approximate surface area is 319 Å². The van der Waals surface area contributed by atoms with Crippen molar-refractivity contribution < 1.29 is 87.1 Å². The molecule has 0 aliphatic carbocycles. The molecule has 50 heavy (non-hydrogen) atoms. The summed E-state index contributed by atoms with van der Waals surface area (Å²) >= 11 is 5.30. The van der Waals surface area contributed by atoms with Crippen LogP contribution in [0.4, 0.5) is 0 Å². The molecule has 19 heteroatoms. The summed E-state index contributed by atoms with van der Waals surface area (Å²) in [5, 5.41) is 75.9. The summed E-state index contributed by atoms with van der Waals surface area (Å²) in [6, 6.07) is 18.6.